The van der Waals surface area contributed by atoms with Crippen molar-refractivity contribution in [3.63, 3.8) is 0 Å². The number of methoxy groups -OCH3 is 1. The summed E-state index contributed by atoms with van der Waals surface area (Å²) >= 11 is 0. The minimum Gasteiger partial charge on any atom is -0.383 e. The number of hydrogen-bond donors (Lipinski definition) is 1. The zero-order chi connectivity index (χ0) is 12.0. The first kappa shape index (κ1) is 13.4. The molecule has 0 aliphatic heterocycles. The Balaban J connectivity index is 1.80. The fourth-order valence-electron chi connectivity index (χ4n) is 3.76. The lowest BCUT2D eigenvalue weighted by Gasteiger charge is -2.48. The number of nitrogens with one attached hydrogen (secondary N) is 1. The van der Waals surface area contributed by atoms with Gasteiger partial charge in [-0.05, 0) is 37.0 Å². The first-order chi connectivity index (χ1) is 8.37. The zero-order valence-electron chi connectivity index (χ0n) is 11.5. The summed E-state index contributed by atoms with van der Waals surface area (Å²) in [6, 6.07) is 0. The van der Waals surface area contributed by atoms with Crippen LogP contribution in [0, 0.1) is 11.3 Å². The van der Waals surface area contributed by atoms with Crippen LogP contribution in [-0.2, 0) is 4.74 Å². The van der Waals surface area contributed by atoms with Crippen LogP contribution in [0.5, 0.6) is 0 Å². The van der Waals surface area contributed by atoms with E-state index in [1.807, 2.05) is 0 Å². The predicted molar refractivity (Wildman–Crippen MR) is 72.2 cm³/mol. The SMILES string of the molecule is COCCNCC1(C2CCCCCC2)CCC1. The monoisotopic (exact) mass is 239 g/mol. The van der Waals surface area contributed by atoms with E-state index in [1.165, 1.54) is 64.3 Å². The van der Waals surface area contributed by atoms with E-state index in [2.05, 4.69) is 5.32 Å². The molecule has 0 aromatic heterocycles. The molecule has 2 saturated carbocycles. The van der Waals surface area contributed by atoms with Crippen LogP contribution in [0.1, 0.15) is 57.8 Å². The molecule has 2 heteroatoms. The molecule has 17 heavy (non-hydrogen) atoms. The van der Waals surface area contributed by atoms with Crippen LogP contribution < -0.4 is 5.32 Å². The molecule has 100 valence electrons. The molecular weight excluding hydrogens is 210 g/mol. The van der Waals surface area contributed by atoms with Gasteiger partial charge in [-0.2, -0.15) is 0 Å². The Morgan fingerprint density at radius 2 is 1.76 bits per heavy atom. The fourth-order valence-corrected chi connectivity index (χ4v) is 3.76. The summed E-state index contributed by atoms with van der Waals surface area (Å²) in [5.74, 6) is 1.01. The van der Waals surface area contributed by atoms with E-state index in [4.69, 9.17) is 4.74 Å². The highest BCUT2D eigenvalue weighted by Crippen LogP contribution is 2.51. The van der Waals surface area contributed by atoms with Crippen molar-refractivity contribution >= 4 is 0 Å². The Bertz CT molecular complexity index is 205. The summed E-state index contributed by atoms with van der Waals surface area (Å²) in [6.07, 6.45) is 13.3. The maximum atomic E-state index is 5.11. The van der Waals surface area contributed by atoms with Crippen LogP contribution in [0.3, 0.4) is 0 Å². The van der Waals surface area contributed by atoms with Crippen LogP contribution in [0.15, 0.2) is 0 Å². The first-order valence-electron chi connectivity index (χ1n) is 7.57. The number of hydrogen-bond acceptors (Lipinski definition) is 2. The minimum absolute atomic E-state index is 0.665. The van der Waals surface area contributed by atoms with Crippen molar-refractivity contribution < 1.29 is 4.74 Å². The van der Waals surface area contributed by atoms with Crippen LogP contribution >= 0.6 is 0 Å². The van der Waals surface area contributed by atoms with Crippen LogP contribution in [0.4, 0.5) is 0 Å². The summed E-state index contributed by atoms with van der Waals surface area (Å²) in [7, 11) is 1.78. The van der Waals surface area contributed by atoms with Gasteiger partial charge in [0.2, 0.25) is 0 Å². The van der Waals surface area contributed by atoms with E-state index in [9.17, 15) is 0 Å². The largest absolute Gasteiger partial charge is 0.383 e. The standard InChI is InChI=1S/C15H29NO/c1-17-12-11-16-13-15(9-6-10-15)14-7-4-2-3-5-8-14/h14,16H,2-13H2,1H3. The molecule has 2 aliphatic rings. The topological polar surface area (TPSA) is 21.3 Å². The summed E-state index contributed by atoms with van der Waals surface area (Å²) < 4.78 is 5.11. The van der Waals surface area contributed by atoms with Gasteiger partial charge in [0, 0.05) is 20.2 Å². The Hall–Kier alpha value is -0.0800. The lowest BCUT2D eigenvalue weighted by atomic mass is 9.59. The minimum atomic E-state index is 0.665. The molecule has 0 aromatic rings. The highest BCUT2D eigenvalue weighted by Gasteiger charge is 2.42. The Kier molecular flexibility index (Phi) is 5.30. The number of ether oxygens (including phenoxy) is 1. The van der Waals surface area contributed by atoms with E-state index in [0.717, 1.165) is 19.1 Å². The molecule has 0 heterocycles. The molecule has 2 aliphatic carbocycles. The normalized spacial score (nSPS) is 25.2. The lowest BCUT2D eigenvalue weighted by Crippen LogP contribution is -2.46. The first-order valence-corrected chi connectivity index (χ1v) is 7.57. The van der Waals surface area contributed by atoms with Crippen molar-refractivity contribution in [2.45, 2.75) is 57.8 Å². The second-order valence-electron chi connectivity index (χ2n) is 6.07. The fraction of sp³-hybridized carbons (Fsp3) is 1.00. The van der Waals surface area contributed by atoms with Gasteiger partial charge in [0.1, 0.15) is 0 Å². The molecular formula is C15H29NO. The maximum absolute atomic E-state index is 5.11. The Labute approximate surface area is 107 Å². The smallest absolute Gasteiger partial charge is 0.0587 e. The van der Waals surface area contributed by atoms with Gasteiger partial charge >= 0.3 is 0 Å². The van der Waals surface area contributed by atoms with Gasteiger partial charge in [0.25, 0.3) is 0 Å². The van der Waals surface area contributed by atoms with E-state index in [-0.39, 0.29) is 0 Å². The molecule has 0 radical (unpaired) electrons. The van der Waals surface area contributed by atoms with E-state index >= 15 is 0 Å². The molecule has 2 nitrogen and oxygen atoms in total. The number of rotatable bonds is 6. The van der Waals surface area contributed by atoms with Gasteiger partial charge < -0.3 is 10.1 Å². The summed E-state index contributed by atoms with van der Waals surface area (Å²) in [6.45, 7) is 3.10. The van der Waals surface area contributed by atoms with Crippen molar-refractivity contribution in [1.82, 2.24) is 5.32 Å². The highest BCUT2D eigenvalue weighted by atomic mass is 16.5. The van der Waals surface area contributed by atoms with Crippen molar-refractivity contribution in [3.8, 4) is 0 Å². The molecule has 0 spiro atoms. The average Bonchev–Trinajstić information content (AvgIpc) is 2.56. The molecule has 0 saturated heterocycles. The van der Waals surface area contributed by atoms with Crippen LogP contribution in [0.25, 0.3) is 0 Å². The third-order valence-electron chi connectivity index (χ3n) is 5.03. The second-order valence-corrected chi connectivity index (χ2v) is 6.07. The van der Waals surface area contributed by atoms with Crippen molar-refractivity contribution in [1.29, 1.82) is 0 Å². The van der Waals surface area contributed by atoms with Crippen LogP contribution in [-0.4, -0.2) is 26.8 Å². The molecule has 0 aromatic carbocycles. The van der Waals surface area contributed by atoms with Crippen LogP contribution in [0.2, 0.25) is 0 Å². The average molecular weight is 239 g/mol. The Morgan fingerprint density at radius 3 is 2.29 bits per heavy atom. The molecule has 1 N–H and O–H groups in total. The zero-order valence-corrected chi connectivity index (χ0v) is 11.5. The van der Waals surface area contributed by atoms with E-state index in [1.54, 1.807) is 7.11 Å². The molecule has 2 rings (SSSR count). The van der Waals surface area contributed by atoms with Crippen molar-refractivity contribution in [2.75, 3.05) is 26.8 Å². The van der Waals surface area contributed by atoms with Gasteiger partial charge in [-0.1, -0.05) is 32.1 Å². The molecule has 0 amide bonds. The van der Waals surface area contributed by atoms with E-state index < -0.39 is 0 Å². The second kappa shape index (κ2) is 6.75. The molecule has 2 fully saturated rings. The summed E-state index contributed by atoms with van der Waals surface area (Å²) in [5, 5.41) is 3.62. The summed E-state index contributed by atoms with van der Waals surface area (Å²) in [5.41, 5.74) is 0.665. The molecule has 0 bridgehead atoms. The van der Waals surface area contributed by atoms with Crippen molar-refractivity contribution in [3.05, 3.63) is 0 Å². The quantitative estimate of drug-likeness (QED) is 0.567. The van der Waals surface area contributed by atoms with Gasteiger partial charge in [-0.15, -0.1) is 0 Å². The molecule has 0 unspecified atom stereocenters. The van der Waals surface area contributed by atoms with Gasteiger partial charge in [0.15, 0.2) is 0 Å². The summed E-state index contributed by atoms with van der Waals surface area (Å²) in [4.78, 5) is 0. The van der Waals surface area contributed by atoms with Gasteiger partial charge in [0.05, 0.1) is 6.61 Å². The van der Waals surface area contributed by atoms with Gasteiger partial charge in [-0.3, -0.25) is 0 Å². The van der Waals surface area contributed by atoms with Gasteiger partial charge in [-0.25, -0.2) is 0 Å². The highest BCUT2D eigenvalue weighted by molar-refractivity contribution is 4.95. The van der Waals surface area contributed by atoms with E-state index in [0.29, 0.717) is 5.41 Å². The Morgan fingerprint density at radius 1 is 1.06 bits per heavy atom. The maximum Gasteiger partial charge on any atom is 0.0587 e. The third-order valence-corrected chi connectivity index (χ3v) is 5.03. The lowest BCUT2D eigenvalue weighted by molar-refractivity contribution is 0.0371. The molecule has 0 atom stereocenters. The van der Waals surface area contributed by atoms with Crippen molar-refractivity contribution in [2.24, 2.45) is 11.3 Å². The predicted octanol–water partition coefficient (Wildman–Crippen LogP) is 3.36. The third kappa shape index (κ3) is 3.45.